The van der Waals surface area contributed by atoms with Crippen molar-refractivity contribution in [2.45, 2.75) is 38.1 Å². The summed E-state index contributed by atoms with van der Waals surface area (Å²) in [6.07, 6.45) is 3.99. The van der Waals surface area contributed by atoms with E-state index in [0.717, 1.165) is 29.7 Å². The monoisotopic (exact) mass is 321 g/mol. The summed E-state index contributed by atoms with van der Waals surface area (Å²) < 4.78 is 1.93. The van der Waals surface area contributed by atoms with Gasteiger partial charge in [-0.3, -0.25) is 9.59 Å². The lowest BCUT2D eigenvalue weighted by Gasteiger charge is -2.37. The predicted octanol–water partition coefficient (Wildman–Crippen LogP) is 3.94. The number of fused-ring (bicyclic) bond motifs is 2. The van der Waals surface area contributed by atoms with Crippen molar-refractivity contribution < 1.29 is 14.7 Å². The fraction of sp³-hybridized carbons (Fsp3) is 0.300. The van der Waals surface area contributed by atoms with Gasteiger partial charge in [-0.25, -0.2) is 0 Å². The summed E-state index contributed by atoms with van der Waals surface area (Å²) >= 11 is 0. The highest BCUT2D eigenvalue weighted by Gasteiger charge is 2.51. The number of aliphatic hydroxyl groups is 1. The zero-order valence-corrected chi connectivity index (χ0v) is 13.6. The van der Waals surface area contributed by atoms with Crippen molar-refractivity contribution in [1.82, 2.24) is 4.57 Å². The van der Waals surface area contributed by atoms with E-state index in [-0.39, 0.29) is 11.4 Å². The average Bonchev–Trinajstić information content (AvgIpc) is 3.23. The van der Waals surface area contributed by atoms with Gasteiger partial charge < -0.3 is 9.67 Å². The first kappa shape index (κ1) is 14.9. The Bertz CT molecular complexity index is 865. The second-order valence-corrected chi connectivity index (χ2v) is 6.74. The van der Waals surface area contributed by atoms with Crippen molar-refractivity contribution in [3.63, 3.8) is 0 Å². The lowest BCUT2D eigenvalue weighted by Crippen LogP contribution is -2.47. The van der Waals surface area contributed by atoms with E-state index in [4.69, 9.17) is 0 Å². The number of Topliss-reactive ketones (excluding diaryl/α,β-unsaturated/α-hetero) is 2. The van der Waals surface area contributed by atoms with Crippen LogP contribution in [-0.4, -0.2) is 21.2 Å². The number of rotatable bonds is 1. The molecule has 2 aromatic rings. The van der Waals surface area contributed by atoms with Gasteiger partial charge in [0.1, 0.15) is 11.1 Å². The molecule has 4 rings (SSSR count). The van der Waals surface area contributed by atoms with Crippen molar-refractivity contribution in [1.29, 1.82) is 0 Å². The number of carbonyl (C=O) groups is 2. The van der Waals surface area contributed by atoms with Gasteiger partial charge in [-0.2, -0.15) is 0 Å². The summed E-state index contributed by atoms with van der Waals surface area (Å²) in [5.74, 6) is -0.636. The van der Waals surface area contributed by atoms with Crippen LogP contribution >= 0.6 is 0 Å². The van der Waals surface area contributed by atoms with Gasteiger partial charge in [0, 0.05) is 5.69 Å². The van der Waals surface area contributed by atoms with Gasteiger partial charge in [-0.05, 0) is 37.5 Å². The zero-order valence-electron chi connectivity index (χ0n) is 13.6. The Morgan fingerprint density at radius 3 is 2.25 bits per heavy atom. The van der Waals surface area contributed by atoms with Crippen molar-refractivity contribution >= 4 is 11.6 Å². The molecule has 122 valence electrons. The smallest absolute Gasteiger partial charge is 0.216 e. The fourth-order valence-electron chi connectivity index (χ4n) is 4.15. The number of ketones is 2. The number of carbonyl (C=O) groups excluding carboxylic acids is 2. The summed E-state index contributed by atoms with van der Waals surface area (Å²) in [6.45, 7) is 2.03. The number of nitrogens with zero attached hydrogens (tertiary/aromatic N) is 1. The largest absolute Gasteiger partial charge is 0.515 e. The molecule has 1 aromatic heterocycles. The van der Waals surface area contributed by atoms with Crippen LogP contribution in [0.15, 0.2) is 48.2 Å². The number of hydrogen-bond donors (Lipinski definition) is 1. The zero-order chi connectivity index (χ0) is 16.9. The van der Waals surface area contributed by atoms with Crippen LogP contribution < -0.4 is 0 Å². The Kier molecular flexibility index (Phi) is 3.23. The number of hydrogen-bond acceptors (Lipinski definition) is 3. The Hall–Kier alpha value is -2.62. The van der Waals surface area contributed by atoms with Gasteiger partial charge in [-0.1, -0.05) is 42.7 Å². The molecular formula is C20H19NO3. The van der Waals surface area contributed by atoms with Gasteiger partial charge in [0.05, 0.1) is 12.0 Å². The van der Waals surface area contributed by atoms with Gasteiger partial charge in [0.2, 0.25) is 5.78 Å². The molecule has 0 saturated heterocycles. The van der Waals surface area contributed by atoms with Gasteiger partial charge in [0.15, 0.2) is 5.78 Å². The average molecular weight is 321 g/mol. The Balaban J connectivity index is 1.99. The number of aliphatic hydroxyl groups excluding tert-OH is 1. The van der Waals surface area contributed by atoms with Gasteiger partial charge in [-0.15, -0.1) is 0 Å². The third-order valence-corrected chi connectivity index (χ3v) is 5.36. The Morgan fingerprint density at radius 2 is 1.62 bits per heavy atom. The summed E-state index contributed by atoms with van der Waals surface area (Å²) in [6, 6.07) is 11.8. The number of allylic oxidation sites excluding steroid dienone is 1. The molecule has 0 amide bonds. The highest BCUT2D eigenvalue weighted by molar-refractivity contribution is 6.30. The van der Waals surface area contributed by atoms with E-state index in [2.05, 4.69) is 0 Å². The van der Waals surface area contributed by atoms with Crippen LogP contribution in [0.2, 0.25) is 0 Å². The predicted molar refractivity (Wildman–Crippen MR) is 91.1 cm³/mol. The van der Waals surface area contributed by atoms with Gasteiger partial charge in [0.25, 0.3) is 0 Å². The van der Waals surface area contributed by atoms with Crippen LogP contribution in [0.1, 0.15) is 41.7 Å². The first-order valence-electron chi connectivity index (χ1n) is 8.32. The second kappa shape index (κ2) is 5.20. The lowest BCUT2D eigenvalue weighted by molar-refractivity contribution is -0.123. The van der Waals surface area contributed by atoms with E-state index in [9.17, 15) is 14.7 Å². The van der Waals surface area contributed by atoms with Crippen molar-refractivity contribution in [2.75, 3.05) is 0 Å². The summed E-state index contributed by atoms with van der Waals surface area (Å²) in [4.78, 5) is 25.6. The number of aromatic nitrogens is 1. The summed E-state index contributed by atoms with van der Waals surface area (Å²) in [5, 5.41) is 9.44. The van der Waals surface area contributed by atoms with Gasteiger partial charge >= 0.3 is 0 Å². The van der Waals surface area contributed by atoms with Crippen LogP contribution in [0.5, 0.6) is 0 Å². The quantitative estimate of drug-likeness (QED) is 0.492. The van der Waals surface area contributed by atoms with Crippen LogP contribution in [0.4, 0.5) is 0 Å². The topological polar surface area (TPSA) is 59.3 Å². The van der Waals surface area contributed by atoms with Crippen LogP contribution in [0.25, 0.3) is 11.3 Å². The molecule has 1 aliphatic carbocycles. The highest BCUT2D eigenvalue weighted by atomic mass is 16.2. The minimum atomic E-state index is -0.735. The molecule has 0 atom stereocenters. The molecule has 0 bridgehead atoms. The maximum absolute atomic E-state index is 13.0. The molecule has 24 heavy (non-hydrogen) atoms. The van der Waals surface area contributed by atoms with E-state index < -0.39 is 11.3 Å². The molecule has 1 N–H and O–H groups in total. The molecule has 1 saturated carbocycles. The molecule has 4 heteroatoms. The van der Waals surface area contributed by atoms with Crippen molar-refractivity contribution in [2.24, 2.45) is 0 Å². The fourth-order valence-corrected chi connectivity index (χ4v) is 4.15. The maximum Gasteiger partial charge on any atom is 0.216 e. The molecule has 1 fully saturated rings. The molecule has 1 aromatic carbocycles. The molecular weight excluding hydrogens is 302 g/mol. The minimum absolute atomic E-state index is 0.0852. The van der Waals surface area contributed by atoms with E-state index >= 15 is 0 Å². The highest BCUT2D eigenvalue weighted by Crippen LogP contribution is 2.46. The lowest BCUT2D eigenvalue weighted by atomic mass is 9.81. The normalized spacial score (nSPS) is 20.8. The van der Waals surface area contributed by atoms with E-state index in [1.54, 1.807) is 6.07 Å². The first-order valence-corrected chi connectivity index (χ1v) is 8.32. The van der Waals surface area contributed by atoms with E-state index in [0.29, 0.717) is 24.8 Å². The molecule has 1 spiro atoms. The van der Waals surface area contributed by atoms with Crippen LogP contribution in [-0.2, 0) is 10.3 Å². The maximum atomic E-state index is 13.0. The molecule has 0 radical (unpaired) electrons. The molecule has 4 nitrogen and oxygen atoms in total. The third-order valence-electron chi connectivity index (χ3n) is 5.36. The molecule has 1 aliphatic heterocycles. The first-order chi connectivity index (χ1) is 11.6. The molecule has 2 heterocycles. The Labute approximate surface area is 140 Å². The van der Waals surface area contributed by atoms with Crippen molar-refractivity contribution in [3.8, 4) is 11.3 Å². The van der Waals surface area contributed by atoms with E-state index in [1.165, 1.54) is 0 Å². The minimum Gasteiger partial charge on any atom is -0.515 e. The Morgan fingerprint density at radius 1 is 1.00 bits per heavy atom. The van der Waals surface area contributed by atoms with E-state index in [1.807, 2.05) is 41.8 Å². The second-order valence-electron chi connectivity index (χ2n) is 6.74. The summed E-state index contributed by atoms with van der Waals surface area (Å²) in [5.41, 5.74) is 2.73. The standard InChI is InChI=1S/C20H19NO3/c1-13-4-6-14(7-5-13)16-8-9-17-18(23)15(12-22)19(24)20(21(16)17)10-2-3-11-20/h4-9,12,22H,2-3,10-11H2,1H3. The third kappa shape index (κ3) is 1.86. The number of benzene rings is 1. The molecule has 2 aliphatic rings. The van der Waals surface area contributed by atoms with Crippen molar-refractivity contribution in [3.05, 3.63) is 59.5 Å². The van der Waals surface area contributed by atoms with Crippen LogP contribution in [0.3, 0.4) is 0 Å². The summed E-state index contributed by atoms with van der Waals surface area (Å²) in [7, 11) is 0. The SMILES string of the molecule is Cc1ccc(-c2ccc3n2C2(CCCC2)C(=O)C(=CO)C3=O)cc1. The van der Waals surface area contributed by atoms with Crippen LogP contribution in [0, 0.1) is 6.92 Å². The number of aryl methyl sites for hydroxylation is 1. The molecule has 0 unspecified atom stereocenters.